The molecule has 1 aliphatic carbocycles. The molecule has 1 aromatic rings. The minimum atomic E-state index is -2.03. The van der Waals surface area contributed by atoms with Crippen LogP contribution in [0.25, 0.3) is 0 Å². The second-order valence-corrected chi connectivity index (χ2v) is 10.5. The fourth-order valence-corrected chi connectivity index (χ4v) is 3.96. The van der Waals surface area contributed by atoms with Gasteiger partial charge in [-0.1, -0.05) is 59.9 Å². The molecule has 0 spiro atoms. The van der Waals surface area contributed by atoms with Crippen molar-refractivity contribution >= 4 is 23.9 Å². The van der Waals surface area contributed by atoms with E-state index < -0.39 is 41.4 Å². The van der Waals surface area contributed by atoms with E-state index in [0.29, 0.717) is 24.8 Å². The summed E-state index contributed by atoms with van der Waals surface area (Å²) in [7, 11) is 0. The number of ether oxygens (including phenoxy) is 3. The molecule has 2 N–H and O–H groups in total. The molecule has 37 heavy (non-hydrogen) atoms. The number of esters is 3. The van der Waals surface area contributed by atoms with E-state index >= 15 is 0 Å². The number of rotatable bonds is 12. The second kappa shape index (κ2) is 13.6. The Morgan fingerprint density at radius 1 is 0.946 bits per heavy atom. The van der Waals surface area contributed by atoms with Crippen molar-refractivity contribution in [1.82, 2.24) is 5.32 Å². The summed E-state index contributed by atoms with van der Waals surface area (Å²) in [6.07, 6.45) is 4.57. The molecular weight excluding hydrogens is 478 g/mol. The van der Waals surface area contributed by atoms with Crippen LogP contribution in [0, 0.1) is 17.8 Å². The molecule has 1 aromatic carbocycles. The van der Waals surface area contributed by atoms with Crippen molar-refractivity contribution in [3.8, 4) is 11.5 Å². The molecule has 2 rings (SSSR count). The standard InChI is InChI=1S/C28H41NO8/c1-7-19(6)29-28(27(33)34,37-26(32)21-11-9-8-10-12-21)16-20-13-14-22(35-24(30)17(2)3)23(15-20)36-25(31)18(4)5/h13-15,17-19,21,29H,7-12,16H2,1-6H3,(H,33,34)/t19?,28-/m0/s1. The van der Waals surface area contributed by atoms with Gasteiger partial charge in [-0.3, -0.25) is 19.7 Å². The molecular formula is C28H41NO8. The van der Waals surface area contributed by atoms with Crippen molar-refractivity contribution in [2.24, 2.45) is 17.8 Å². The van der Waals surface area contributed by atoms with Crippen molar-refractivity contribution in [2.45, 2.75) is 98.3 Å². The Hall–Kier alpha value is -2.94. The quantitative estimate of drug-likeness (QED) is 0.230. The zero-order chi connectivity index (χ0) is 27.8. The highest BCUT2D eigenvalue weighted by atomic mass is 16.6. The van der Waals surface area contributed by atoms with Gasteiger partial charge in [-0.15, -0.1) is 0 Å². The lowest BCUT2D eigenvalue weighted by molar-refractivity contribution is -0.188. The molecule has 206 valence electrons. The Labute approximate surface area is 219 Å². The molecule has 0 amide bonds. The van der Waals surface area contributed by atoms with E-state index in [0.717, 1.165) is 19.3 Å². The van der Waals surface area contributed by atoms with E-state index in [1.165, 1.54) is 12.1 Å². The van der Waals surface area contributed by atoms with Gasteiger partial charge in [0.2, 0.25) is 0 Å². The Balaban J connectivity index is 2.46. The first-order valence-electron chi connectivity index (χ1n) is 13.2. The highest BCUT2D eigenvalue weighted by molar-refractivity contribution is 5.83. The summed E-state index contributed by atoms with van der Waals surface area (Å²) in [6.45, 7) is 10.4. The van der Waals surface area contributed by atoms with Crippen LogP contribution in [-0.2, 0) is 30.3 Å². The maximum atomic E-state index is 13.1. The average molecular weight is 520 g/mol. The fraction of sp³-hybridized carbons (Fsp3) is 0.643. The Morgan fingerprint density at radius 3 is 2.03 bits per heavy atom. The number of carbonyl (C=O) groups excluding carboxylic acids is 3. The first kappa shape index (κ1) is 30.3. The lowest BCUT2D eigenvalue weighted by Gasteiger charge is -2.35. The maximum absolute atomic E-state index is 13.1. The van der Waals surface area contributed by atoms with Gasteiger partial charge in [-0.25, -0.2) is 4.79 Å². The van der Waals surface area contributed by atoms with Gasteiger partial charge in [-0.2, -0.15) is 0 Å². The van der Waals surface area contributed by atoms with Crippen LogP contribution in [0.5, 0.6) is 11.5 Å². The van der Waals surface area contributed by atoms with E-state index in [9.17, 15) is 24.3 Å². The molecule has 0 bridgehead atoms. The number of aliphatic carboxylic acids is 1. The maximum Gasteiger partial charge on any atom is 0.364 e. The summed E-state index contributed by atoms with van der Waals surface area (Å²) in [5, 5.41) is 13.3. The van der Waals surface area contributed by atoms with Gasteiger partial charge in [0.25, 0.3) is 5.72 Å². The van der Waals surface area contributed by atoms with Crippen molar-refractivity contribution < 1.29 is 38.5 Å². The zero-order valence-electron chi connectivity index (χ0n) is 22.8. The van der Waals surface area contributed by atoms with E-state index in [-0.39, 0.29) is 29.9 Å². The largest absolute Gasteiger partial charge is 0.477 e. The minimum Gasteiger partial charge on any atom is -0.477 e. The molecule has 0 heterocycles. The normalized spacial score (nSPS) is 16.6. The summed E-state index contributed by atoms with van der Waals surface area (Å²) < 4.78 is 16.7. The van der Waals surface area contributed by atoms with E-state index in [4.69, 9.17) is 14.2 Å². The van der Waals surface area contributed by atoms with Crippen LogP contribution in [0.15, 0.2) is 18.2 Å². The number of hydrogen-bond donors (Lipinski definition) is 2. The summed E-state index contributed by atoms with van der Waals surface area (Å²) in [5.74, 6) is -4.06. The Morgan fingerprint density at radius 2 is 1.51 bits per heavy atom. The van der Waals surface area contributed by atoms with E-state index in [2.05, 4.69) is 5.32 Å². The van der Waals surface area contributed by atoms with Crippen molar-refractivity contribution in [1.29, 1.82) is 0 Å². The molecule has 1 aliphatic rings. The van der Waals surface area contributed by atoms with Gasteiger partial charge >= 0.3 is 23.9 Å². The summed E-state index contributed by atoms with van der Waals surface area (Å²) >= 11 is 0. The number of carboxylic acid groups (broad SMARTS) is 1. The molecule has 2 atom stereocenters. The smallest absolute Gasteiger partial charge is 0.364 e. The van der Waals surface area contributed by atoms with Crippen LogP contribution >= 0.6 is 0 Å². The highest BCUT2D eigenvalue weighted by Crippen LogP contribution is 2.33. The molecule has 0 aliphatic heterocycles. The minimum absolute atomic E-state index is 0.00774. The number of nitrogens with one attached hydrogen (secondary N) is 1. The molecule has 0 aromatic heterocycles. The van der Waals surface area contributed by atoms with E-state index in [1.807, 2.05) is 13.8 Å². The Bertz CT molecular complexity index is 967. The summed E-state index contributed by atoms with van der Waals surface area (Å²) in [4.78, 5) is 50.3. The van der Waals surface area contributed by atoms with Gasteiger partial charge < -0.3 is 19.3 Å². The van der Waals surface area contributed by atoms with E-state index in [1.54, 1.807) is 33.8 Å². The molecule has 0 radical (unpaired) electrons. The van der Waals surface area contributed by atoms with Gasteiger partial charge in [0.05, 0.1) is 17.8 Å². The van der Waals surface area contributed by atoms with Crippen molar-refractivity contribution in [2.75, 3.05) is 0 Å². The zero-order valence-corrected chi connectivity index (χ0v) is 22.8. The third-order valence-electron chi connectivity index (χ3n) is 6.48. The van der Waals surface area contributed by atoms with Crippen LogP contribution in [0.1, 0.15) is 85.6 Å². The Kier molecular flexibility index (Phi) is 11.1. The van der Waals surface area contributed by atoms with Crippen molar-refractivity contribution in [3.05, 3.63) is 23.8 Å². The third kappa shape index (κ3) is 8.55. The molecule has 0 saturated heterocycles. The fourth-order valence-electron chi connectivity index (χ4n) is 3.96. The number of benzene rings is 1. The van der Waals surface area contributed by atoms with Gasteiger partial charge in [-0.05, 0) is 43.9 Å². The van der Waals surface area contributed by atoms with Crippen LogP contribution in [0.2, 0.25) is 0 Å². The lowest BCUT2D eigenvalue weighted by atomic mass is 9.89. The predicted octanol–water partition coefficient (Wildman–Crippen LogP) is 4.64. The summed E-state index contributed by atoms with van der Waals surface area (Å²) in [5.41, 5.74) is -1.61. The third-order valence-corrected chi connectivity index (χ3v) is 6.48. The van der Waals surface area contributed by atoms with Gasteiger partial charge in [0, 0.05) is 12.5 Å². The number of carbonyl (C=O) groups is 4. The topological polar surface area (TPSA) is 128 Å². The number of hydrogen-bond acceptors (Lipinski definition) is 8. The monoisotopic (exact) mass is 519 g/mol. The molecule has 9 nitrogen and oxygen atoms in total. The van der Waals surface area contributed by atoms with Crippen LogP contribution < -0.4 is 14.8 Å². The SMILES string of the molecule is CCC(C)N[C@@](Cc1ccc(OC(=O)C(C)C)c(OC(=O)C(C)C)c1)(OC(=O)C1CCCCC1)C(=O)O. The average Bonchev–Trinajstić information content (AvgIpc) is 2.85. The van der Waals surface area contributed by atoms with Crippen LogP contribution in [0.4, 0.5) is 0 Å². The summed E-state index contributed by atoms with van der Waals surface area (Å²) in [6, 6.07) is 4.21. The highest BCUT2D eigenvalue weighted by Gasteiger charge is 2.45. The van der Waals surface area contributed by atoms with Crippen LogP contribution in [-0.4, -0.2) is 40.8 Å². The molecule has 1 fully saturated rings. The van der Waals surface area contributed by atoms with Crippen molar-refractivity contribution in [3.63, 3.8) is 0 Å². The molecule has 1 saturated carbocycles. The first-order chi connectivity index (χ1) is 17.4. The second-order valence-electron chi connectivity index (χ2n) is 10.5. The lowest BCUT2D eigenvalue weighted by Crippen LogP contribution is -2.60. The van der Waals surface area contributed by atoms with Crippen LogP contribution in [0.3, 0.4) is 0 Å². The van der Waals surface area contributed by atoms with Gasteiger partial charge in [0.1, 0.15) is 0 Å². The molecule has 9 heteroatoms. The van der Waals surface area contributed by atoms with Gasteiger partial charge in [0.15, 0.2) is 11.5 Å². The number of carboxylic acids is 1. The predicted molar refractivity (Wildman–Crippen MR) is 137 cm³/mol. The molecule has 1 unspecified atom stereocenters. The first-order valence-corrected chi connectivity index (χ1v) is 13.2.